The number of aromatic nitrogens is 2. The number of amides is 1. The minimum Gasteiger partial charge on any atom is -0.349 e. The van der Waals surface area contributed by atoms with Gasteiger partial charge in [0.15, 0.2) is 0 Å². The average Bonchev–Trinajstić information content (AvgIpc) is 3.11. The summed E-state index contributed by atoms with van der Waals surface area (Å²) in [4.78, 5) is 22.0. The van der Waals surface area contributed by atoms with Crippen LogP contribution >= 0.6 is 0 Å². The number of nitrogens with zero attached hydrogens (tertiary/aromatic N) is 4. The lowest BCUT2D eigenvalue weighted by Gasteiger charge is -2.28. The van der Waals surface area contributed by atoms with Gasteiger partial charge in [-0.15, -0.1) is 0 Å². The molecule has 3 heterocycles. The van der Waals surface area contributed by atoms with Crippen molar-refractivity contribution in [2.75, 3.05) is 32.7 Å². The number of carbonyl (C=O) groups is 1. The van der Waals surface area contributed by atoms with E-state index in [0.29, 0.717) is 18.2 Å². The Balaban J connectivity index is 1.27. The fourth-order valence-corrected chi connectivity index (χ4v) is 4.25. The molecule has 0 unspecified atom stereocenters. The molecule has 4 rings (SSSR count). The fraction of sp³-hybridized carbons (Fsp3) is 0.545. The number of fused-ring (bicyclic) bond motifs is 2. The van der Waals surface area contributed by atoms with Crippen LogP contribution in [-0.2, 0) is 26.1 Å². The van der Waals surface area contributed by atoms with E-state index >= 15 is 0 Å². The fourth-order valence-electron chi connectivity index (χ4n) is 4.25. The molecule has 0 atom stereocenters. The van der Waals surface area contributed by atoms with Gasteiger partial charge >= 0.3 is 0 Å². The highest BCUT2D eigenvalue weighted by atomic mass is 16.1. The van der Waals surface area contributed by atoms with Gasteiger partial charge in [-0.3, -0.25) is 14.6 Å². The number of rotatable bonds is 6. The molecule has 1 aromatic carbocycles. The maximum atomic E-state index is 12.5. The molecule has 0 radical (unpaired) electrons. The number of nitrogens with one attached hydrogen (secondary N) is 1. The van der Waals surface area contributed by atoms with Crippen LogP contribution in [-0.4, -0.2) is 58.0 Å². The summed E-state index contributed by atoms with van der Waals surface area (Å²) < 4.78 is 2.13. The van der Waals surface area contributed by atoms with Crippen molar-refractivity contribution in [2.24, 2.45) is 5.92 Å². The minimum atomic E-state index is -0.0604. The molecule has 0 saturated heterocycles. The molecule has 2 aliphatic rings. The van der Waals surface area contributed by atoms with Crippen LogP contribution in [0.5, 0.6) is 0 Å². The Hall–Kier alpha value is -2.18. The van der Waals surface area contributed by atoms with E-state index in [0.717, 1.165) is 58.1 Å². The molecule has 0 aliphatic carbocycles. The zero-order chi connectivity index (χ0) is 19.5. The van der Waals surface area contributed by atoms with E-state index in [1.54, 1.807) is 0 Å². The monoisotopic (exact) mass is 381 g/mol. The Morgan fingerprint density at radius 2 is 1.93 bits per heavy atom. The molecule has 6 heteroatoms. The highest BCUT2D eigenvalue weighted by Crippen LogP contribution is 2.18. The first-order chi connectivity index (χ1) is 13.6. The first kappa shape index (κ1) is 19.2. The lowest BCUT2D eigenvalue weighted by Crippen LogP contribution is -2.37. The Labute approximate surface area is 167 Å². The molecule has 150 valence electrons. The normalized spacial score (nSPS) is 17.4. The van der Waals surface area contributed by atoms with E-state index in [1.165, 1.54) is 11.1 Å². The Morgan fingerprint density at radius 3 is 2.75 bits per heavy atom. The van der Waals surface area contributed by atoms with Crippen LogP contribution in [0.2, 0.25) is 0 Å². The first-order valence-electron chi connectivity index (χ1n) is 10.4. The summed E-state index contributed by atoms with van der Waals surface area (Å²) in [7, 11) is 0. The number of benzene rings is 1. The maximum Gasteiger partial charge on any atom is 0.271 e. The SMILES string of the molecule is CC(C)CN1CCn2cc(C(=O)NCCN3CCc4ccccc4C3)nc2C1. The van der Waals surface area contributed by atoms with Gasteiger partial charge in [0.05, 0.1) is 6.54 Å². The van der Waals surface area contributed by atoms with Gasteiger partial charge in [0.2, 0.25) is 0 Å². The molecule has 1 amide bonds. The summed E-state index contributed by atoms with van der Waals surface area (Å²) in [6, 6.07) is 8.64. The van der Waals surface area contributed by atoms with Crippen molar-refractivity contribution in [1.82, 2.24) is 24.7 Å². The first-order valence-corrected chi connectivity index (χ1v) is 10.4. The van der Waals surface area contributed by atoms with Crippen LogP contribution in [0.15, 0.2) is 30.5 Å². The molecule has 0 bridgehead atoms. The van der Waals surface area contributed by atoms with Gasteiger partial charge in [0.25, 0.3) is 5.91 Å². The molecule has 2 aliphatic heterocycles. The summed E-state index contributed by atoms with van der Waals surface area (Å²) >= 11 is 0. The summed E-state index contributed by atoms with van der Waals surface area (Å²) in [5, 5.41) is 3.05. The summed E-state index contributed by atoms with van der Waals surface area (Å²) in [6.07, 6.45) is 3.00. The van der Waals surface area contributed by atoms with Crippen LogP contribution in [0.1, 0.15) is 41.3 Å². The van der Waals surface area contributed by atoms with Crippen molar-refractivity contribution in [3.05, 3.63) is 53.1 Å². The molecule has 0 spiro atoms. The van der Waals surface area contributed by atoms with E-state index in [9.17, 15) is 4.79 Å². The topological polar surface area (TPSA) is 53.4 Å². The third kappa shape index (κ3) is 4.45. The zero-order valence-corrected chi connectivity index (χ0v) is 17.0. The van der Waals surface area contributed by atoms with Crippen LogP contribution in [0, 0.1) is 5.92 Å². The smallest absolute Gasteiger partial charge is 0.271 e. The third-order valence-electron chi connectivity index (χ3n) is 5.66. The van der Waals surface area contributed by atoms with Crippen molar-refractivity contribution >= 4 is 5.91 Å². The molecule has 1 N–H and O–H groups in total. The van der Waals surface area contributed by atoms with Crippen molar-refractivity contribution in [3.8, 4) is 0 Å². The quantitative estimate of drug-likeness (QED) is 0.833. The largest absolute Gasteiger partial charge is 0.349 e. The number of hydrogen-bond donors (Lipinski definition) is 1. The predicted octanol–water partition coefficient (Wildman–Crippen LogP) is 2.14. The van der Waals surface area contributed by atoms with E-state index in [1.807, 2.05) is 6.20 Å². The van der Waals surface area contributed by atoms with E-state index in [-0.39, 0.29) is 5.91 Å². The maximum absolute atomic E-state index is 12.5. The van der Waals surface area contributed by atoms with Crippen LogP contribution in [0.3, 0.4) is 0 Å². The van der Waals surface area contributed by atoms with Crippen molar-refractivity contribution in [1.29, 1.82) is 0 Å². The lowest BCUT2D eigenvalue weighted by molar-refractivity contribution is 0.0942. The highest BCUT2D eigenvalue weighted by molar-refractivity contribution is 5.92. The predicted molar refractivity (Wildman–Crippen MR) is 110 cm³/mol. The lowest BCUT2D eigenvalue weighted by atomic mass is 10.00. The van der Waals surface area contributed by atoms with Gasteiger partial charge in [-0.1, -0.05) is 38.1 Å². The highest BCUT2D eigenvalue weighted by Gasteiger charge is 2.21. The van der Waals surface area contributed by atoms with Gasteiger partial charge in [0, 0.05) is 52.0 Å². The van der Waals surface area contributed by atoms with Crippen LogP contribution in [0.25, 0.3) is 0 Å². The number of imidazole rings is 1. The van der Waals surface area contributed by atoms with Crippen LogP contribution < -0.4 is 5.32 Å². The molecule has 28 heavy (non-hydrogen) atoms. The molecular formula is C22H31N5O. The standard InChI is InChI=1S/C22H31N5O/c1-17(2)13-26-11-12-27-15-20(24-21(27)16-26)22(28)23-8-10-25-9-7-18-5-3-4-6-19(18)14-25/h3-6,15,17H,7-14,16H2,1-2H3,(H,23,28). The Bertz CT molecular complexity index is 828. The molecule has 0 saturated carbocycles. The molecular weight excluding hydrogens is 350 g/mol. The third-order valence-corrected chi connectivity index (χ3v) is 5.66. The Morgan fingerprint density at radius 1 is 1.11 bits per heavy atom. The van der Waals surface area contributed by atoms with Crippen molar-refractivity contribution in [2.45, 2.75) is 39.9 Å². The van der Waals surface area contributed by atoms with Gasteiger partial charge in [0.1, 0.15) is 11.5 Å². The average molecular weight is 382 g/mol. The second-order valence-electron chi connectivity index (χ2n) is 8.42. The molecule has 2 aromatic rings. The van der Waals surface area contributed by atoms with Gasteiger partial charge in [-0.05, 0) is 23.5 Å². The zero-order valence-electron chi connectivity index (χ0n) is 17.0. The Kier molecular flexibility index (Phi) is 5.78. The van der Waals surface area contributed by atoms with E-state index < -0.39 is 0 Å². The van der Waals surface area contributed by atoms with Crippen molar-refractivity contribution < 1.29 is 4.79 Å². The van der Waals surface area contributed by atoms with Crippen LogP contribution in [0.4, 0.5) is 0 Å². The molecule has 0 fully saturated rings. The molecule has 1 aromatic heterocycles. The molecule has 6 nitrogen and oxygen atoms in total. The minimum absolute atomic E-state index is 0.0604. The van der Waals surface area contributed by atoms with Crippen molar-refractivity contribution in [3.63, 3.8) is 0 Å². The van der Waals surface area contributed by atoms with E-state index in [2.05, 4.69) is 62.8 Å². The second kappa shape index (κ2) is 8.45. The second-order valence-corrected chi connectivity index (χ2v) is 8.42. The number of carbonyl (C=O) groups excluding carboxylic acids is 1. The van der Waals surface area contributed by atoms with E-state index in [4.69, 9.17) is 0 Å². The summed E-state index contributed by atoms with van der Waals surface area (Å²) in [5.74, 6) is 1.59. The summed E-state index contributed by atoms with van der Waals surface area (Å²) in [6.45, 7) is 11.9. The van der Waals surface area contributed by atoms with Gasteiger partial charge in [-0.25, -0.2) is 4.98 Å². The number of hydrogen-bond acceptors (Lipinski definition) is 4. The summed E-state index contributed by atoms with van der Waals surface area (Å²) in [5.41, 5.74) is 3.41. The van der Waals surface area contributed by atoms with Gasteiger partial charge in [-0.2, -0.15) is 0 Å². The van der Waals surface area contributed by atoms with Gasteiger partial charge < -0.3 is 9.88 Å².